The fourth-order valence-electron chi connectivity index (χ4n) is 3.36. The van der Waals surface area contributed by atoms with Crippen LogP contribution in [0.2, 0.25) is 0 Å². The van der Waals surface area contributed by atoms with Gasteiger partial charge in [0.2, 0.25) is 0 Å². The second kappa shape index (κ2) is 26.1. The number of unbranched alkanes of at least 4 members (excludes halogenated alkanes) is 14. The summed E-state index contributed by atoms with van der Waals surface area (Å²) >= 11 is 0. The van der Waals surface area contributed by atoms with E-state index in [1.54, 1.807) is 6.92 Å². The van der Waals surface area contributed by atoms with E-state index in [1.807, 2.05) is 0 Å². The highest BCUT2D eigenvalue weighted by atomic mass is 16.4. The summed E-state index contributed by atoms with van der Waals surface area (Å²) in [5.41, 5.74) is 10.4. The molecule has 0 radical (unpaired) electrons. The number of carbonyl (C=O) groups is 2. The molecule has 7 nitrogen and oxygen atoms in total. The SMILES string of the molecule is CCCCCCCCCCCCCCCCNC(C)C(=O)O.NCCCCC(N)C(=O)O. The standard InChI is InChI=1S/C19H39NO2.C6H14N2O2/c1-3-4-5-6-7-8-9-10-11-12-13-14-15-16-17-20-18(2)19(21)22;7-4-2-1-3-5(8)6(9)10/h18,20H,3-17H2,1-2H3,(H,21,22);5H,1-4,7-8H2,(H,9,10). The Balaban J connectivity index is 0. The summed E-state index contributed by atoms with van der Waals surface area (Å²) in [6.45, 7) is 5.40. The van der Waals surface area contributed by atoms with Gasteiger partial charge in [0, 0.05) is 0 Å². The highest BCUT2D eigenvalue weighted by Gasteiger charge is 2.09. The van der Waals surface area contributed by atoms with Gasteiger partial charge in [-0.1, -0.05) is 96.8 Å². The van der Waals surface area contributed by atoms with Crippen LogP contribution in [-0.2, 0) is 9.59 Å². The number of aliphatic carboxylic acids is 2. The summed E-state index contributed by atoms with van der Waals surface area (Å²) < 4.78 is 0. The minimum absolute atomic E-state index is 0.415. The largest absolute Gasteiger partial charge is 0.480 e. The Bertz CT molecular complexity index is 422. The van der Waals surface area contributed by atoms with Crippen LogP contribution in [0.25, 0.3) is 0 Å². The summed E-state index contributed by atoms with van der Waals surface area (Å²) in [5.74, 6) is -1.69. The molecule has 0 saturated carbocycles. The molecule has 0 heterocycles. The van der Waals surface area contributed by atoms with Crippen molar-refractivity contribution in [3.05, 3.63) is 0 Å². The van der Waals surface area contributed by atoms with Crippen LogP contribution in [0.3, 0.4) is 0 Å². The van der Waals surface area contributed by atoms with Crippen LogP contribution in [-0.4, -0.2) is 47.3 Å². The van der Waals surface area contributed by atoms with E-state index in [9.17, 15) is 9.59 Å². The fourth-order valence-corrected chi connectivity index (χ4v) is 3.36. The normalized spacial score (nSPS) is 12.6. The number of carboxylic acids is 2. The Labute approximate surface area is 197 Å². The molecule has 0 spiro atoms. The van der Waals surface area contributed by atoms with Crippen molar-refractivity contribution in [2.24, 2.45) is 11.5 Å². The lowest BCUT2D eigenvalue weighted by Gasteiger charge is -2.08. The van der Waals surface area contributed by atoms with Crippen molar-refractivity contribution in [2.75, 3.05) is 13.1 Å². The van der Waals surface area contributed by atoms with Crippen LogP contribution >= 0.6 is 0 Å². The second-order valence-corrected chi connectivity index (χ2v) is 8.84. The van der Waals surface area contributed by atoms with E-state index >= 15 is 0 Å². The quantitative estimate of drug-likeness (QED) is 0.143. The molecule has 32 heavy (non-hydrogen) atoms. The van der Waals surface area contributed by atoms with Crippen molar-refractivity contribution in [3.63, 3.8) is 0 Å². The van der Waals surface area contributed by atoms with Gasteiger partial charge in [0.25, 0.3) is 0 Å². The molecule has 7 N–H and O–H groups in total. The first-order valence-electron chi connectivity index (χ1n) is 13.0. The third-order valence-corrected chi connectivity index (χ3v) is 5.64. The fraction of sp³-hybridized carbons (Fsp3) is 0.920. The van der Waals surface area contributed by atoms with Crippen LogP contribution in [0.5, 0.6) is 0 Å². The van der Waals surface area contributed by atoms with Crippen LogP contribution in [0.1, 0.15) is 123 Å². The summed E-state index contributed by atoms with van der Waals surface area (Å²) in [6, 6.07) is -1.13. The minimum atomic E-state index is -0.933. The molecule has 0 fully saturated rings. The zero-order valence-electron chi connectivity index (χ0n) is 21.0. The molecule has 0 rings (SSSR count). The van der Waals surface area contributed by atoms with E-state index in [0.717, 1.165) is 25.8 Å². The van der Waals surface area contributed by atoms with E-state index in [2.05, 4.69) is 12.2 Å². The lowest BCUT2D eigenvalue weighted by atomic mass is 10.0. The van der Waals surface area contributed by atoms with Gasteiger partial charge in [-0.15, -0.1) is 0 Å². The zero-order chi connectivity index (χ0) is 24.5. The van der Waals surface area contributed by atoms with E-state index in [0.29, 0.717) is 13.0 Å². The molecule has 2 unspecified atom stereocenters. The van der Waals surface area contributed by atoms with Gasteiger partial charge in [-0.2, -0.15) is 0 Å². The van der Waals surface area contributed by atoms with Gasteiger partial charge in [-0.25, -0.2) is 0 Å². The third kappa shape index (κ3) is 26.9. The maximum Gasteiger partial charge on any atom is 0.320 e. The van der Waals surface area contributed by atoms with Crippen molar-refractivity contribution in [1.82, 2.24) is 5.32 Å². The molecule has 0 aromatic rings. The molecule has 7 heteroatoms. The molecule has 192 valence electrons. The van der Waals surface area contributed by atoms with E-state index in [1.165, 1.54) is 83.5 Å². The number of nitrogens with two attached hydrogens (primary N) is 2. The van der Waals surface area contributed by atoms with Gasteiger partial charge >= 0.3 is 11.9 Å². The lowest BCUT2D eigenvalue weighted by molar-refractivity contribution is -0.139. The summed E-state index contributed by atoms with van der Waals surface area (Å²) in [4.78, 5) is 20.8. The first-order chi connectivity index (χ1) is 15.4. The molecule has 0 bridgehead atoms. The third-order valence-electron chi connectivity index (χ3n) is 5.64. The highest BCUT2D eigenvalue weighted by Crippen LogP contribution is 2.12. The van der Waals surface area contributed by atoms with Crippen molar-refractivity contribution < 1.29 is 19.8 Å². The minimum Gasteiger partial charge on any atom is -0.480 e. The number of rotatable bonds is 22. The number of hydrogen-bond acceptors (Lipinski definition) is 5. The highest BCUT2D eigenvalue weighted by molar-refractivity contribution is 5.73. The average Bonchev–Trinajstić information content (AvgIpc) is 2.76. The average molecular weight is 460 g/mol. The Morgan fingerprint density at radius 1 is 0.719 bits per heavy atom. The molecule has 2 atom stereocenters. The number of nitrogens with one attached hydrogen (secondary N) is 1. The maximum atomic E-state index is 10.6. The first-order valence-corrected chi connectivity index (χ1v) is 13.0. The molecule has 0 aliphatic heterocycles. The van der Waals surface area contributed by atoms with Crippen LogP contribution in [0, 0.1) is 0 Å². The van der Waals surface area contributed by atoms with Gasteiger partial charge in [0.1, 0.15) is 12.1 Å². The van der Waals surface area contributed by atoms with E-state index < -0.39 is 24.0 Å². The van der Waals surface area contributed by atoms with Crippen molar-refractivity contribution in [3.8, 4) is 0 Å². The molecule has 0 aliphatic rings. The van der Waals surface area contributed by atoms with Gasteiger partial charge in [-0.05, 0) is 39.3 Å². The smallest absolute Gasteiger partial charge is 0.320 e. The van der Waals surface area contributed by atoms with Gasteiger partial charge < -0.3 is 27.0 Å². The molecule has 0 amide bonds. The Morgan fingerprint density at radius 3 is 1.53 bits per heavy atom. The zero-order valence-corrected chi connectivity index (χ0v) is 21.0. The van der Waals surface area contributed by atoms with E-state index in [-0.39, 0.29) is 0 Å². The summed E-state index contributed by atoms with van der Waals surface area (Å²) in [5, 5.41) is 20.1. The molecular formula is C25H53N3O4. The van der Waals surface area contributed by atoms with Crippen LogP contribution in [0.15, 0.2) is 0 Å². The number of carboxylic acid groups (broad SMARTS) is 2. The number of hydrogen-bond donors (Lipinski definition) is 5. The molecule has 0 aromatic heterocycles. The summed E-state index contributed by atoms with van der Waals surface area (Å²) in [7, 11) is 0. The van der Waals surface area contributed by atoms with Crippen LogP contribution in [0.4, 0.5) is 0 Å². The van der Waals surface area contributed by atoms with Gasteiger partial charge in [0.05, 0.1) is 0 Å². The molecular weight excluding hydrogens is 406 g/mol. The van der Waals surface area contributed by atoms with Crippen LogP contribution < -0.4 is 16.8 Å². The second-order valence-electron chi connectivity index (χ2n) is 8.84. The lowest BCUT2D eigenvalue weighted by Crippen LogP contribution is -2.34. The van der Waals surface area contributed by atoms with E-state index in [4.69, 9.17) is 21.7 Å². The van der Waals surface area contributed by atoms with Crippen molar-refractivity contribution in [2.45, 2.75) is 135 Å². The monoisotopic (exact) mass is 459 g/mol. The van der Waals surface area contributed by atoms with Gasteiger partial charge in [-0.3, -0.25) is 9.59 Å². The Morgan fingerprint density at radius 2 is 1.16 bits per heavy atom. The van der Waals surface area contributed by atoms with Crippen molar-refractivity contribution >= 4 is 11.9 Å². The molecule has 0 saturated heterocycles. The predicted molar refractivity (Wildman–Crippen MR) is 134 cm³/mol. The first kappa shape index (κ1) is 33.0. The van der Waals surface area contributed by atoms with Crippen molar-refractivity contribution in [1.29, 1.82) is 0 Å². The summed E-state index contributed by atoms with van der Waals surface area (Å²) in [6.07, 6.45) is 21.2. The molecule has 0 aliphatic carbocycles. The molecule has 0 aromatic carbocycles. The topological polar surface area (TPSA) is 139 Å². The Kier molecular flexibility index (Phi) is 26.9. The maximum absolute atomic E-state index is 10.6. The van der Waals surface area contributed by atoms with Gasteiger partial charge in [0.15, 0.2) is 0 Å². The Hall–Kier alpha value is -1.18. The predicted octanol–water partition coefficient (Wildman–Crippen LogP) is 5.06.